The van der Waals surface area contributed by atoms with Crippen molar-refractivity contribution in [2.45, 2.75) is 59.0 Å². The zero-order chi connectivity index (χ0) is 21.8. The lowest BCUT2D eigenvalue weighted by atomic mass is 9.89. The third-order valence-corrected chi connectivity index (χ3v) is 6.76. The Hall–Kier alpha value is -2.61. The van der Waals surface area contributed by atoms with Crippen LogP contribution in [0.4, 0.5) is 5.95 Å². The van der Waals surface area contributed by atoms with Crippen LogP contribution in [0.5, 0.6) is 0 Å². The number of hydrogen-bond acceptors (Lipinski definition) is 7. The molecule has 4 heterocycles. The highest BCUT2D eigenvalue weighted by molar-refractivity contribution is 5.75. The van der Waals surface area contributed by atoms with E-state index in [0.29, 0.717) is 30.1 Å². The fourth-order valence-corrected chi connectivity index (χ4v) is 4.86. The second kappa shape index (κ2) is 7.51. The molecule has 3 aromatic heterocycles. The summed E-state index contributed by atoms with van der Waals surface area (Å²) in [6.07, 6.45) is 7.31. The predicted octanol–water partition coefficient (Wildman–Crippen LogP) is 3.64. The van der Waals surface area contributed by atoms with E-state index >= 15 is 0 Å². The molecule has 2 fully saturated rings. The summed E-state index contributed by atoms with van der Waals surface area (Å²) in [6, 6.07) is 0. The molecule has 0 bridgehead atoms. The molecule has 0 radical (unpaired) electrons. The summed E-state index contributed by atoms with van der Waals surface area (Å²) < 4.78 is 7.84. The van der Waals surface area contributed by atoms with E-state index in [4.69, 9.17) is 24.7 Å². The fraction of sp³-hybridized carbons (Fsp3) is 0.609. The number of nitrogens with zero attached hydrogens (tertiary/aromatic N) is 7. The van der Waals surface area contributed by atoms with Gasteiger partial charge in [0.15, 0.2) is 5.65 Å². The van der Waals surface area contributed by atoms with Crippen molar-refractivity contribution >= 4 is 17.1 Å². The third-order valence-electron chi connectivity index (χ3n) is 6.76. The molecule has 0 unspecified atom stereocenters. The highest BCUT2D eigenvalue weighted by Gasteiger charge is 2.35. The van der Waals surface area contributed by atoms with Gasteiger partial charge in [0, 0.05) is 31.3 Å². The van der Waals surface area contributed by atoms with Crippen LogP contribution in [0.2, 0.25) is 0 Å². The van der Waals surface area contributed by atoms with Gasteiger partial charge in [-0.15, -0.1) is 0 Å². The molecule has 164 valence electrons. The molecular formula is C23H31N7O. The third kappa shape index (κ3) is 3.89. The molecule has 8 heteroatoms. The van der Waals surface area contributed by atoms with Crippen molar-refractivity contribution in [3.05, 3.63) is 35.0 Å². The Balaban J connectivity index is 1.55. The van der Waals surface area contributed by atoms with Gasteiger partial charge in [-0.1, -0.05) is 13.8 Å². The standard InChI is InChI=1S/C23H31N7O/c1-14-15(2)26-21-20(25-14)19(16-6-7-23(3,4)10-16)27-22(28-21)30-8-9-31-18(13-30)17-11-24-29(5)12-17/h11-12,16,18H,6-10,13H2,1-5H3/t16-,18-/m1/s1. The first kappa shape index (κ1) is 20.3. The van der Waals surface area contributed by atoms with Crippen LogP contribution < -0.4 is 4.90 Å². The number of ether oxygens (including phenoxy) is 1. The lowest BCUT2D eigenvalue weighted by Crippen LogP contribution is -2.39. The van der Waals surface area contributed by atoms with E-state index < -0.39 is 0 Å². The number of aromatic nitrogens is 6. The van der Waals surface area contributed by atoms with E-state index in [9.17, 15) is 0 Å². The zero-order valence-electron chi connectivity index (χ0n) is 19.1. The van der Waals surface area contributed by atoms with Gasteiger partial charge in [-0.3, -0.25) is 4.68 Å². The van der Waals surface area contributed by atoms with Crippen molar-refractivity contribution in [2.75, 3.05) is 24.6 Å². The molecule has 31 heavy (non-hydrogen) atoms. The Morgan fingerprint density at radius 3 is 2.61 bits per heavy atom. The largest absolute Gasteiger partial charge is 0.370 e. The molecule has 8 nitrogen and oxygen atoms in total. The second-order valence-electron chi connectivity index (χ2n) is 9.83. The Kier molecular flexibility index (Phi) is 4.92. The number of rotatable bonds is 3. The minimum absolute atomic E-state index is 0.0403. The van der Waals surface area contributed by atoms with Gasteiger partial charge < -0.3 is 9.64 Å². The second-order valence-corrected chi connectivity index (χ2v) is 9.83. The Morgan fingerprint density at radius 2 is 1.90 bits per heavy atom. The lowest BCUT2D eigenvalue weighted by molar-refractivity contribution is 0.0392. The SMILES string of the molecule is Cc1nc2nc(N3CCO[C@@H](c4cnn(C)c4)C3)nc([C@@H]3CCC(C)(C)C3)c2nc1C. The summed E-state index contributed by atoms with van der Waals surface area (Å²) in [7, 11) is 1.93. The molecule has 2 aliphatic rings. The van der Waals surface area contributed by atoms with Gasteiger partial charge in [-0.05, 0) is 38.5 Å². The van der Waals surface area contributed by atoms with Gasteiger partial charge in [0.05, 0.1) is 36.4 Å². The molecule has 1 saturated heterocycles. The van der Waals surface area contributed by atoms with Gasteiger partial charge >= 0.3 is 0 Å². The quantitative estimate of drug-likeness (QED) is 0.638. The van der Waals surface area contributed by atoms with Gasteiger partial charge in [-0.2, -0.15) is 10.1 Å². The van der Waals surface area contributed by atoms with Crippen LogP contribution in [0, 0.1) is 19.3 Å². The monoisotopic (exact) mass is 421 g/mol. The van der Waals surface area contributed by atoms with Crippen LogP contribution in [0.1, 0.15) is 67.8 Å². The first-order valence-corrected chi connectivity index (χ1v) is 11.2. The number of morpholine rings is 1. The lowest BCUT2D eigenvalue weighted by Gasteiger charge is -2.33. The van der Waals surface area contributed by atoms with Crippen LogP contribution in [0.15, 0.2) is 12.4 Å². The first-order valence-electron chi connectivity index (χ1n) is 11.2. The van der Waals surface area contributed by atoms with Gasteiger partial charge in [0.2, 0.25) is 5.95 Å². The van der Waals surface area contributed by atoms with Crippen molar-refractivity contribution in [1.29, 1.82) is 0 Å². The predicted molar refractivity (Wildman–Crippen MR) is 119 cm³/mol. The maximum atomic E-state index is 6.03. The summed E-state index contributed by atoms with van der Waals surface area (Å²) in [5, 5.41) is 4.30. The highest BCUT2D eigenvalue weighted by Crippen LogP contribution is 2.46. The van der Waals surface area contributed by atoms with Crippen molar-refractivity contribution in [3.63, 3.8) is 0 Å². The molecule has 5 rings (SSSR count). The molecule has 1 aliphatic carbocycles. The number of anilines is 1. The molecule has 0 amide bonds. The Morgan fingerprint density at radius 1 is 1.10 bits per heavy atom. The molecule has 0 aromatic carbocycles. The molecule has 3 aromatic rings. The van der Waals surface area contributed by atoms with Gasteiger partial charge in [0.25, 0.3) is 0 Å². The summed E-state index contributed by atoms with van der Waals surface area (Å²) in [4.78, 5) is 21.9. The van der Waals surface area contributed by atoms with Crippen LogP contribution in [-0.4, -0.2) is 49.4 Å². The summed E-state index contributed by atoms with van der Waals surface area (Å²) in [6.45, 7) is 10.8. The van der Waals surface area contributed by atoms with Crippen LogP contribution >= 0.6 is 0 Å². The van der Waals surface area contributed by atoms with Crippen molar-refractivity contribution in [1.82, 2.24) is 29.7 Å². The average molecular weight is 422 g/mol. The van der Waals surface area contributed by atoms with Crippen molar-refractivity contribution in [2.24, 2.45) is 12.5 Å². The van der Waals surface area contributed by atoms with Gasteiger partial charge in [0.1, 0.15) is 11.6 Å². The minimum Gasteiger partial charge on any atom is -0.370 e. The maximum Gasteiger partial charge on any atom is 0.227 e. The highest BCUT2D eigenvalue weighted by atomic mass is 16.5. The average Bonchev–Trinajstić information content (AvgIpc) is 3.33. The van der Waals surface area contributed by atoms with E-state index in [1.54, 1.807) is 0 Å². The van der Waals surface area contributed by atoms with E-state index in [2.05, 4.69) is 23.8 Å². The van der Waals surface area contributed by atoms with E-state index in [1.165, 1.54) is 6.42 Å². The molecular weight excluding hydrogens is 390 g/mol. The molecule has 1 aliphatic heterocycles. The zero-order valence-corrected chi connectivity index (χ0v) is 19.1. The summed E-state index contributed by atoms with van der Waals surface area (Å²) in [5.41, 5.74) is 5.92. The molecule has 0 N–H and O–H groups in total. The number of aryl methyl sites for hydroxylation is 3. The molecule has 0 spiro atoms. The Labute approximate surface area is 183 Å². The van der Waals surface area contributed by atoms with E-state index in [1.807, 2.05) is 38.0 Å². The Bertz CT molecular complexity index is 1120. The van der Waals surface area contributed by atoms with Crippen LogP contribution in [-0.2, 0) is 11.8 Å². The minimum atomic E-state index is -0.0403. The summed E-state index contributed by atoms with van der Waals surface area (Å²) in [5.74, 6) is 1.13. The van der Waals surface area contributed by atoms with Crippen LogP contribution in [0.25, 0.3) is 11.2 Å². The van der Waals surface area contributed by atoms with Crippen molar-refractivity contribution < 1.29 is 4.74 Å². The van der Waals surface area contributed by atoms with Crippen molar-refractivity contribution in [3.8, 4) is 0 Å². The molecule has 1 saturated carbocycles. The van der Waals surface area contributed by atoms with E-state index in [-0.39, 0.29) is 6.10 Å². The number of hydrogen-bond donors (Lipinski definition) is 0. The normalized spacial score (nSPS) is 23.6. The van der Waals surface area contributed by atoms with Crippen LogP contribution in [0.3, 0.4) is 0 Å². The topological polar surface area (TPSA) is 81.9 Å². The fourth-order valence-electron chi connectivity index (χ4n) is 4.86. The maximum absolute atomic E-state index is 6.03. The first-order chi connectivity index (χ1) is 14.8. The molecule has 2 atom stereocenters. The van der Waals surface area contributed by atoms with E-state index in [0.717, 1.165) is 53.5 Å². The summed E-state index contributed by atoms with van der Waals surface area (Å²) >= 11 is 0. The number of fused-ring (bicyclic) bond motifs is 1. The van der Waals surface area contributed by atoms with Gasteiger partial charge in [-0.25, -0.2) is 15.0 Å². The smallest absolute Gasteiger partial charge is 0.227 e.